The minimum absolute atomic E-state index is 0.0354. The first kappa shape index (κ1) is 24.7. The highest BCUT2D eigenvalue weighted by Gasteiger charge is 2.35. The van der Waals surface area contributed by atoms with Crippen molar-refractivity contribution in [1.82, 2.24) is 14.8 Å². The molecule has 1 aliphatic heterocycles. The first-order valence-electron chi connectivity index (χ1n) is 12.9. The van der Waals surface area contributed by atoms with Gasteiger partial charge < -0.3 is 19.6 Å². The molecule has 2 heterocycles. The molecule has 2 aliphatic carbocycles. The fourth-order valence-corrected chi connectivity index (χ4v) is 5.45. The molecular weight excluding hydrogens is 430 g/mol. The Morgan fingerprint density at radius 3 is 2.74 bits per heavy atom. The Bertz CT molecular complexity index is 924. The van der Waals surface area contributed by atoms with Crippen LogP contribution in [0.15, 0.2) is 18.3 Å². The summed E-state index contributed by atoms with van der Waals surface area (Å²) in [4.78, 5) is 34.8. The molecule has 0 radical (unpaired) electrons. The number of carbonyl (C=O) groups is 2. The van der Waals surface area contributed by atoms with E-state index in [2.05, 4.69) is 11.1 Å². The van der Waals surface area contributed by atoms with Crippen molar-refractivity contribution < 1.29 is 19.4 Å². The first-order valence-corrected chi connectivity index (χ1v) is 12.9. The summed E-state index contributed by atoms with van der Waals surface area (Å²) in [5, 5.41) is 9.85. The van der Waals surface area contributed by atoms with Gasteiger partial charge in [-0.15, -0.1) is 0 Å². The van der Waals surface area contributed by atoms with E-state index >= 15 is 0 Å². The fraction of sp³-hybridized carbons (Fsp3) is 0.667. The molecule has 4 rings (SSSR count). The second-order valence-corrected chi connectivity index (χ2v) is 10.4. The molecule has 0 spiro atoms. The van der Waals surface area contributed by atoms with Crippen LogP contribution in [0.25, 0.3) is 5.57 Å². The SMILES string of the molecule is C[C@@H]1CN([C@H](C)CO)C(=O)c2cc(C3=CCCC3)cnc2O[C@H]1CN(C)C(=O)C1CCCCC1. The second-order valence-electron chi connectivity index (χ2n) is 10.4. The number of amides is 2. The van der Waals surface area contributed by atoms with Crippen LogP contribution in [0.1, 0.15) is 81.1 Å². The summed E-state index contributed by atoms with van der Waals surface area (Å²) < 4.78 is 6.37. The molecule has 1 saturated carbocycles. The van der Waals surface area contributed by atoms with Gasteiger partial charge in [0.2, 0.25) is 11.8 Å². The number of aliphatic hydroxyl groups excluding tert-OH is 1. The van der Waals surface area contributed by atoms with Gasteiger partial charge in [0.05, 0.1) is 19.2 Å². The Balaban J connectivity index is 1.61. The van der Waals surface area contributed by atoms with Crippen molar-refractivity contribution in [3.05, 3.63) is 29.5 Å². The lowest BCUT2D eigenvalue weighted by atomic mass is 9.88. The summed E-state index contributed by atoms with van der Waals surface area (Å²) in [6.45, 7) is 4.68. The minimum Gasteiger partial charge on any atom is -0.472 e. The summed E-state index contributed by atoms with van der Waals surface area (Å²) in [7, 11) is 1.86. The number of carbonyl (C=O) groups excluding carboxylic acids is 2. The van der Waals surface area contributed by atoms with Gasteiger partial charge in [-0.2, -0.15) is 0 Å². The molecule has 0 bridgehead atoms. The number of allylic oxidation sites excluding steroid dienone is 2. The molecule has 7 heteroatoms. The number of likely N-dealkylation sites (N-methyl/N-ethyl adjacent to an activating group) is 1. The lowest BCUT2D eigenvalue weighted by Gasteiger charge is -2.38. The fourth-order valence-electron chi connectivity index (χ4n) is 5.45. The molecule has 3 atom stereocenters. The monoisotopic (exact) mass is 469 g/mol. The maximum atomic E-state index is 13.6. The molecule has 3 aliphatic rings. The second kappa shape index (κ2) is 10.9. The third-order valence-electron chi connectivity index (χ3n) is 7.72. The van der Waals surface area contributed by atoms with E-state index in [9.17, 15) is 14.7 Å². The van der Waals surface area contributed by atoms with Gasteiger partial charge in [-0.05, 0) is 56.2 Å². The highest BCUT2D eigenvalue weighted by molar-refractivity contribution is 5.97. The van der Waals surface area contributed by atoms with Crippen molar-refractivity contribution in [2.45, 2.75) is 77.4 Å². The van der Waals surface area contributed by atoms with E-state index in [-0.39, 0.29) is 42.4 Å². The van der Waals surface area contributed by atoms with E-state index < -0.39 is 0 Å². The largest absolute Gasteiger partial charge is 0.472 e. The summed E-state index contributed by atoms with van der Waals surface area (Å²) in [5.41, 5.74) is 2.61. The van der Waals surface area contributed by atoms with E-state index in [1.54, 1.807) is 16.0 Å². The standard InChI is InChI=1S/C27H39N3O4/c1-18-15-30(19(2)17-31)27(33)23-13-22(20-9-7-8-10-20)14-28-25(23)34-24(18)16-29(3)26(32)21-11-5-4-6-12-21/h9,13-14,18-19,21,24,31H,4-8,10-12,15-17H2,1-3H3/t18-,19-,24+/m1/s1. The van der Waals surface area contributed by atoms with Crippen LogP contribution in [0.2, 0.25) is 0 Å². The molecule has 1 N–H and O–H groups in total. The Hall–Kier alpha value is -2.41. The summed E-state index contributed by atoms with van der Waals surface area (Å²) in [6, 6.07) is 1.57. The van der Waals surface area contributed by atoms with Gasteiger partial charge in [-0.1, -0.05) is 32.3 Å². The molecule has 0 aromatic carbocycles. The van der Waals surface area contributed by atoms with Crippen molar-refractivity contribution in [3.8, 4) is 5.88 Å². The number of ether oxygens (including phenoxy) is 1. The molecule has 186 valence electrons. The third-order valence-corrected chi connectivity index (χ3v) is 7.72. The van der Waals surface area contributed by atoms with Gasteiger partial charge in [-0.3, -0.25) is 9.59 Å². The van der Waals surface area contributed by atoms with E-state index in [0.29, 0.717) is 24.5 Å². The van der Waals surface area contributed by atoms with E-state index in [0.717, 1.165) is 50.5 Å². The molecular formula is C27H39N3O4. The number of hydrogen-bond donors (Lipinski definition) is 1. The van der Waals surface area contributed by atoms with Crippen LogP contribution in [0.3, 0.4) is 0 Å². The predicted molar refractivity (Wildman–Crippen MR) is 131 cm³/mol. The van der Waals surface area contributed by atoms with Crippen LogP contribution in [0.5, 0.6) is 5.88 Å². The van der Waals surface area contributed by atoms with Crippen LogP contribution < -0.4 is 4.74 Å². The molecule has 34 heavy (non-hydrogen) atoms. The van der Waals surface area contributed by atoms with Crippen LogP contribution in [0, 0.1) is 11.8 Å². The van der Waals surface area contributed by atoms with E-state index in [1.165, 1.54) is 12.0 Å². The average Bonchev–Trinajstić information content (AvgIpc) is 3.40. The quantitative estimate of drug-likeness (QED) is 0.683. The van der Waals surface area contributed by atoms with E-state index in [4.69, 9.17) is 4.74 Å². The zero-order valence-corrected chi connectivity index (χ0v) is 20.8. The summed E-state index contributed by atoms with van der Waals surface area (Å²) >= 11 is 0. The topological polar surface area (TPSA) is 83.0 Å². The van der Waals surface area contributed by atoms with E-state index in [1.807, 2.05) is 27.0 Å². The van der Waals surface area contributed by atoms with Gasteiger partial charge in [-0.25, -0.2) is 4.98 Å². The zero-order chi connectivity index (χ0) is 24.2. The lowest BCUT2D eigenvalue weighted by Crippen LogP contribution is -2.51. The maximum absolute atomic E-state index is 13.6. The number of aliphatic hydroxyl groups is 1. The molecule has 0 unspecified atom stereocenters. The first-order chi connectivity index (χ1) is 16.4. The van der Waals surface area contributed by atoms with Crippen molar-refractivity contribution in [3.63, 3.8) is 0 Å². The van der Waals surface area contributed by atoms with Crippen LogP contribution in [-0.2, 0) is 4.79 Å². The van der Waals surface area contributed by atoms with Crippen molar-refractivity contribution in [2.75, 3.05) is 26.7 Å². The minimum atomic E-state index is -0.322. The van der Waals surface area contributed by atoms with Crippen molar-refractivity contribution in [1.29, 1.82) is 0 Å². The number of nitrogens with zero attached hydrogens (tertiary/aromatic N) is 3. The van der Waals surface area contributed by atoms with Gasteiger partial charge in [0, 0.05) is 31.6 Å². The van der Waals surface area contributed by atoms with Crippen molar-refractivity contribution in [2.24, 2.45) is 11.8 Å². The molecule has 0 saturated heterocycles. The molecule has 2 amide bonds. The molecule has 1 aromatic heterocycles. The predicted octanol–water partition coefficient (Wildman–Crippen LogP) is 3.91. The number of rotatable bonds is 6. The van der Waals surface area contributed by atoms with Crippen molar-refractivity contribution >= 4 is 17.4 Å². The maximum Gasteiger partial charge on any atom is 0.259 e. The average molecular weight is 470 g/mol. The number of fused-ring (bicyclic) bond motifs is 1. The van der Waals surface area contributed by atoms with Gasteiger partial charge in [0.25, 0.3) is 5.91 Å². The third kappa shape index (κ3) is 5.29. The highest BCUT2D eigenvalue weighted by atomic mass is 16.5. The number of hydrogen-bond acceptors (Lipinski definition) is 5. The Kier molecular flexibility index (Phi) is 7.91. The summed E-state index contributed by atoms with van der Waals surface area (Å²) in [5.74, 6) is 0.402. The highest BCUT2D eigenvalue weighted by Crippen LogP contribution is 2.33. The number of pyridine rings is 1. The van der Waals surface area contributed by atoms with Gasteiger partial charge >= 0.3 is 0 Å². The Labute approximate surface area is 203 Å². The molecule has 1 fully saturated rings. The van der Waals surface area contributed by atoms with Crippen LogP contribution >= 0.6 is 0 Å². The van der Waals surface area contributed by atoms with Crippen LogP contribution in [-0.4, -0.2) is 70.6 Å². The summed E-state index contributed by atoms with van der Waals surface area (Å²) in [6.07, 6.45) is 12.2. The number of aromatic nitrogens is 1. The van der Waals surface area contributed by atoms with Gasteiger partial charge in [0.15, 0.2) is 0 Å². The Morgan fingerprint density at radius 2 is 2.06 bits per heavy atom. The normalized spacial score (nSPS) is 24.5. The lowest BCUT2D eigenvalue weighted by molar-refractivity contribution is -0.136. The van der Waals surface area contributed by atoms with Crippen LogP contribution in [0.4, 0.5) is 0 Å². The van der Waals surface area contributed by atoms with Gasteiger partial charge in [0.1, 0.15) is 11.7 Å². The molecule has 7 nitrogen and oxygen atoms in total. The Morgan fingerprint density at radius 1 is 1.29 bits per heavy atom. The molecule has 1 aromatic rings. The zero-order valence-electron chi connectivity index (χ0n) is 20.8. The smallest absolute Gasteiger partial charge is 0.259 e.